The minimum Gasteiger partial charge on any atom is -0.426 e. The number of terminal acetylenes is 1. The van der Waals surface area contributed by atoms with E-state index in [1.54, 1.807) is 0 Å². The van der Waals surface area contributed by atoms with Crippen LogP contribution in [0.2, 0.25) is 0 Å². The lowest BCUT2D eigenvalue weighted by Gasteiger charge is -2.26. The molecule has 1 heterocycles. The highest BCUT2D eigenvalue weighted by atomic mass is 16.5. The molecule has 2 rings (SSSR count). The zero-order valence-electron chi connectivity index (χ0n) is 12.0. The molecule has 0 saturated carbocycles. The van der Waals surface area contributed by atoms with Crippen LogP contribution in [0.5, 0.6) is 5.75 Å². The molecule has 0 spiro atoms. The second-order valence-corrected chi connectivity index (χ2v) is 5.32. The molecule has 1 aromatic carbocycles. The van der Waals surface area contributed by atoms with Gasteiger partial charge in [0.05, 0.1) is 13.0 Å². The minimum absolute atomic E-state index is 0.175. The van der Waals surface area contributed by atoms with Gasteiger partial charge in [-0.3, -0.25) is 4.79 Å². The Kier molecular flexibility index (Phi) is 4.14. The molecule has 0 N–H and O–H groups in total. The zero-order chi connectivity index (χ0) is 14.7. The molecular weight excluding hydrogens is 250 g/mol. The number of carbonyl (C=O) groups is 1. The van der Waals surface area contributed by atoms with Gasteiger partial charge in [0.1, 0.15) is 5.75 Å². The van der Waals surface area contributed by atoms with Crippen LogP contribution in [0.4, 0.5) is 5.69 Å². The third-order valence-electron chi connectivity index (χ3n) is 3.33. The zero-order valence-corrected chi connectivity index (χ0v) is 12.0. The maximum Gasteiger partial charge on any atom is 0.311 e. The number of hydrogen-bond acceptors (Lipinski definition) is 3. The van der Waals surface area contributed by atoms with Gasteiger partial charge in [-0.05, 0) is 24.5 Å². The molecule has 0 amide bonds. The molecule has 1 aromatic rings. The van der Waals surface area contributed by atoms with Crippen molar-refractivity contribution < 1.29 is 9.53 Å². The Balaban J connectivity index is 2.33. The summed E-state index contributed by atoms with van der Waals surface area (Å²) in [6, 6.07) is 5.93. The summed E-state index contributed by atoms with van der Waals surface area (Å²) < 4.78 is 5.34. The van der Waals surface area contributed by atoms with E-state index < -0.39 is 0 Å². The van der Waals surface area contributed by atoms with Gasteiger partial charge in [-0.1, -0.05) is 31.1 Å². The van der Waals surface area contributed by atoms with E-state index in [-0.39, 0.29) is 11.9 Å². The Morgan fingerprint density at radius 2 is 2.35 bits per heavy atom. The monoisotopic (exact) mass is 269 g/mol. The van der Waals surface area contributed by atoms with E-state index in [1.807, 2.05) is 36.9 Å². The number of anilines is 1. The lowest BCUT2D eigenvalue weighted by atomic mass is 9.94. The molecule has 0 bridgehead atoms. The Hall–Kier alpha value is -2.21. The molecule has 1 aliphatic heterocycles. The number of benzene rings is 1. The molecule has 0 aliphatic carbocycles. The van der Waals surface area contributed by atoms with Crippen molar-refractivity contribution in [1.82, 2.24) is 0 Å². The molecular formula is C17H19NO2. The molecule has 104 valence electrons. The number of fused-ring (bicyclic) bond motifs is 1. The fourth-order valence-corrected chi connectivity index (χ4v) is 2.41. The predicted molar refractivity (Wildman–Crippen MR) is 81.0 cm³/mol. The number of ether oxygens (including phenoxy) is 1. The fraction of sp³-hybridized carbons (Fsp3) is 0.353. The van der Waals surface area contributed by atoms with Crippen LogP contribution in [0, 0.1) is 12.3 Å². The summed E-state index contributed by atoms with van der Waals surface area (Å²) >= 11 is 0. The summed E-state index contributed by atoms with van der Waals surface area (Å²) in [5.74, 6) is 3.32. The first kappa shape index (κ1) is 14.2. The molecule has 1 aliphatic rings. The Morgan fingerprint density at radius 1 is 1.60 bits per heavy atom. The first-order valence-corrected chi connectivity index (χ1v) is 6.68. The molecule has 0 saturated heterocycles. The molecule has 1 atom stereocenters. The highest BCUT2D eigenvalue weighted by molar-refractivity contribution is 5.77. The van der Waals surface area contributed by atoms with Gasteiger partial charge in [0.2, 0.25) is 0 Å². The van der Waals surface area contributed by atoms with E-state index in [0.717, 1.165) is 16.8 Å². The topological polar surface area (TPSA) is 29.5 Å². The summed E-state index contributed by atoms with van der Waals surface area (Å²) in [6.07, 6.45) is 5.85. The quantitative estimate of drug-likeness (QED) is 0.364. The van der Waals surface area contributed by atoms with Gasteiger partial charge in [0.25, 0.3) is 0 Å². The standard InChI is InChI=1S/C17H19NO2/c1-5-8-18(11-12(2)3)14-6-7-15-13(4)9-17(19)20-16(15)10-14/h1,6-7,10,13H,2,8-9,11H2,3-4H3. The van der Waals surface area contributed by atoms with Crippen LogP contribution in [0.3, 0.4) is 0 Å². The van der Waals surface area contributed by atoms with E-state index in [1.165, 1.54) is 0 Å². The number of rotatable bonds is 4. The van der Waals surface area contributed by atoms with Crippen molar-refractivity contribution in [2.45, 2.75) is 26.2 Å². The number of nitrogens with zero attached hydrogens (tertiary/aromatic N) is 1. The van der Waals surface area contributed by atoms with Crippen LogP contribution >= 0.6 is 0 Å². The Morgan fingerprint density at radius 3 is 3.00 bits per heavy atom. The van der Waals surface area contributed by atoms with E-state index >= 15 is 0 Å². The predicted octanol–water partition coefficient (Wildman–Crippen LogP) is 3.11. The van der Waals surface area contributed by atoms with Gasteiger partial charge in [-0.15, -0.1) is 6.42 Å². The van der Waals surface area contributed by atoms with Crippen molar-refractivity contribution in [1.29, 1.82) is 0 Å². The van der Waals surface area contributed by atoms with Crippen molar-refractivity contribution >= 4 is 11.7 Å². The van der Waals surface area contributed by atoms with E-state index in [2.05, 4.69) is 12.5 Å². The highest BCUT2D eigenvalue weighted by Crippen LogP contribution is 2.36. The molecule has 0 aromatic heterocycles. The first-order chi connectivity index (χ1) is 9.51. The second kappa shape index (κ2) is 5.83. The molecule has 3 heteroatoms. The molecule has 20 heavy (non-hydrogen) atoms. The summed E-state index contributed by atoms with van der Waals surface area (Å²) in [7, 11) is 0. The third-order valence-corrected chi connectivity index (χ3v) is 3.33. The second-order valence-electron chi connectivity index (χ2n) is 5.32. The minimum atomic E-state index is -0.175. The number of esters is 1. The lowest BCUT2D eigenvalue weighted by Crippen LogP contribution is -2.26. The van der Waals surface area contributed by atoms with Crippen molar-refractivity contribution in [3.63, 3.8) is 0 Å². The van der Waals surface area contributed by atoms with E-state index in [0.29, 0.717) is 25.3 Å². The summed E-state index contributed by atoms with van der Waals surface area (Å²) in [5.41, 5.74) is 3.05. The number of hydrogen-bond donors (Lipinski definition) is 0. The van der Waals surface area contributed by atoms with Gasteiger partial charge in [0.15, 0.2) is 0 Å². The third kappa shape index (κ3) is 3.03. The van der Waals surface area contributed by atoms with Crippen LogP contribution < -0.4 is 9.64 Å². The molecule has 3 nitrogen and oxygen atoms in total. The van der Waals surface area contributed by atoms with Gasteiger partial charge in [0, 0.05) is 18.3 Å². The average Bonchev–Trinajstić information content (AvgIpc) is 2.36. The van der Waals surface area contributed by atoms with Crippen molar-refractivity contribution in [2.24, 2.45) is 0 Å². The van der Waals surface area contributed by atoms with Crippen molar-refractivity contribution in [3.8, 4) is 18.1 Å². The summed E-state index contributed by atoms with van der Waals surface area (Å²) in [5, 5.41) is 0. The van der Waals surface area contributed by atoms with Crippen LogP contribution in [0.25, 0.3) is 0 Å². The van der Waals surface area contributed by atoms with Crippen molar-refractivity contribution in [2.75, 3.05) is 18.0 Å². The maximum absolute atomic E-state index is 11.5. The van der Waals surface area contributed by atoms with E-state index in [9.17, 15) is 4.79 Å². The van der Waals surface area contributed by atoms with Crippen molar-refractivity contribution in [3.05, 3.63) is 35.9 Å². The molecule has 1 unspecified atom stereocenters. The Labute approximate surface area is 120 Å². The normalized spacial score (nSPS) is 16.9. The lowest BCUT2D eigenvalue weighted by molar-refractivity contribution is -0.135. The van der Waals surface area contributed by atoms with Crippen LogP contribution in [-0.4, -0.2) is 19.1 Å². The average molecular weight is 269 g/mol. The van der Waals surface area contributed by atoms with Gasteiger partial charge >= 0.3 is 5.97 Å². The fourth-order valence-electron chi connectivity index (χ4n) is 2.41. The Bertz CT molecular complexity index is 583. The van der Waals surface area contributed by atoms with Crippen LogP contribution in [0.15, 0.2) is 30.4 Å². The van der Waals surface area contributed by atoms with E-state index in [4.69, 9.17) is 11.2 Å². The van der Waals surface area contributed by atoms with Crippen LogP contribution in [-0.2, 0) is 4.79 Å². The summed E-state index contributed by atoms with van der Waals surface area (Å²) in [6.45, 7) is 9.10. The van der Waals surface area contributed by atoms with Crippen LogP contribution in [0.1, 0.15) is 31.7 Å². The highest BCUT2D eigenvalue weighted by Gasteiger charge is 2.24. The maximum atomic E-state index is 11.5. The summed E-state index contributed by atoms with van der Waals surface area (Å²) in [4.78, 5) is 13.6. The first-order valence-electron chi connectivity index (χ1n) is 6.68. The SMILES string of the molecule is C#CCN(CC(=C)C)c1ccc2c(c1)OC(=O)CC2C. The molecule has 0 radical (unpaired) electrons. The number of carbonyl (C=O) groups excluding carboxylic acids is 1. The van der Waals surface area contributed by atoms with Gasteiger partial charge in [-0.2, -0.15) is 0 Å². The van der Waals surface area contributed by atoms with Gasteiger partial charge < -0.3 is 9.64 Å². The largest absolute Gasteiger partial charge is 0.426 e. The smallest absolute Gasteiger partial charge is 0.311 e. The van der Waals surface area contributed by atoms with Gasteiger partial charge in [-0.25, -0.2) is 0 Å². The molecule has 0 fully saturated rings.